The van der Waals surface area contributed by atoms with Crippen LogP contribution in [-0.4, -0.2) is 43.8 Å². The van der Waals surface area contributed by atoms with E-state index >= 15 is 0 Å². The summed E-state index contributed by atoms with van der Waals surface area (Å²) in [5, 5.41) is 3.75. The standard InChI is InChI=1S/C32H36Cl2FN3O4S/c1-3-30(32(40)36-25-7-5-4-6-8-25)37(20-23-11-18-28(33)29(34)19-23)31(39)21-38(26-14-12-24(35)13-15-26)43(41,42)27-16-9-22(2)10-17-27/h9-19,25,30H,3-8,20-21H2,1-2H3,(H,36,40)/t30-/m0/s1. The van der Waals surface area contributed by atoms with Crippen LogP contribution in [-0.2, 0) is 26.2 Å². The van der Waals surface area contributed by atoms with Gasteiger partial charge in [-0.15, -0.1) is 0 Å². The molecule has 0 aromatic heterocycles. The summed E-state index contributed by atoms with van der Waals surface area (Å²) in [5.74, 6) is -1.44. The summed E-state index contributed by atoms with van der Waals surface area (Å²) in [6, 6.07) is 15.2. The molecule has 0 aliphatic heterocycles. The molecule has 3 aromatic carbocycles. The molecular weight excluding hydrogens is 612 g/mol. The monoisotopic (exact) mass is 647 g/mol. The first-order valence-electron chi connectivity index (χ1n) is 14.4. The highest BCUT2D eigenvalue weighted by atomic mass is 35.5. The molecule has 0 heterocycles. The molecule has 43 heavy (non-hydrogen) atoms. The smallest absolute Gasteiger partial charge is 0.264 e. The van der Waals surface area contributed by atoms with Crippen molar-refractivity contribution in [3.63, 3.8) is 0 Å². The van der Waals surface area contributed by atoms with E-state index in [-0.39, 0.29) is 29.1 Å². The van der Waals surface area contributed by atoms with Crippen LogP contribution < -0.4 is 9.62 Å². The quantitative estimate of drug-likeness (QED) is 0.245. The fraction of sp³-hybridized carbons (Fsp3) is 0.375. The Morgan fingerprint density at radius 3 is 2.21 bits per heavy atom. The third-order valence-electron chi connectivity index (χ3n) is 7.68. The molecule has 1 fully saturated rings. The fourth-order valence-electron chi connectivity index (χ4n) is 5.27. The van der Waals surface area contributed by atoms with Gasteiger partial charge in [0.25, 0.3) is 10.0 Å². The fourth-order valence-corrected chi connectivity index (χ4v) is 7.01. The molecule has 1 aliphatic rings. The zero-order chi connectivity index (χ0) is 31.1. The van der Waals surface area contributed by atoms with Gasteiger partial charge in [0.1, 0.15) is 18.4 Å². The molecule has 1 saturated carbocycles. The molecule has 1 N–H and O–H groups in total. The van der Waals surface area contributed by atoms with Gasteiger partial charge in [-0.1, -0.05) is 73.2 Å². The summed E-state index contributed by atoms with van der Waals surface area (Å²) >= 11 is 12.4. The zero-order valence-corrected chi connectivity index (χ0v) is 26.6. The van der Waals surface area contributed by atoms with E-state index in [4.69, 9.17) is 23.2 Å². The van der Waals surface area contributed by atoms with Crippen molar-refractivity contribution >= 4 is 50.7 Å². The Bertz CT molecular complexity index is 1530. The van der Waals surface area contributed by atoms with E-state index in [1.165, 1.54) is 29.2 Å². The highest BCUT2D eigenvalue weighted by Gasteiger charge is 2.34. The van der Waals surface area contributed by atoms with Gasteiger partial charge in [-0.2, -0.15) is 0 Å². The Balaban J connectivity index is 1.71. The van der Waals surface area contributed by atoms with Crippen LogP contribution in [0.2, 0.25) is 10.0 Å². The summed E-state index contributed by atoms with van der Waals surface area (Å²) in [4.78, 5) is 29.2. The molecule has 11 heteroatoms. The van der Waals surface area contributed by atoms with E-state index in [1.54, 1.807) is 37.3 Å². The van der Waals surface area contributed by atoms with Crippen LogP contribution in [0.15, 0.2) is 71.6 Å². The molecule has 3 aromatic rings. The number of sulfonamides is 1. The Labute approximate surface area is 263 Å². The number of hydrogen-bond acceptors (Lipinski definition) is 4. The van der Waals surface area contributed by atoms with Crippen molar-refractivity contribution in [1.82, 2.24) is 10.2 Å². The molecule has 0 bridgehead atoms. The van der Waals surface area contributed by atoms with Gasteiger partial charge in [-0.25, -0.2) is 12.8 Å². The zero-order valence-electron chi connectivity index (χ0n) is 24.2. The molecular formula is C32H36Cl2FN3O4S. The normalized spacial score (nSPS) is 14.6. The first kappa shape index (κ1) is 32.8. The van der Waals surface area contributed by atoms with Crippen molar-refractivity contribution in [3.05, 3.63) is 93.7 Å². The second-order valence-electron chi connectivity index (χ2n) is 10.8. The lowest BCUT2D eigenvalue weighted by Crippen LogP contribution is -2.54. The molecule has 1 aliphatic carbocycles. The summed E-state index contributed by atoms with van der Waals surface area (Å²) in [5.41, 5.74) is 1.61. The van der Waals surface area contributed by atoms with Crippen LogP contribution in [0.25, 0.3) is 0 Å². The Hall–Kier alpha value is -3.14. The van der Waals surface area contributed by atoms with E-state index < -0.39 is 34.3 Å². The SMILES string of the molecule is CC[C@@H](C(=O)NC1CCCCC1)N(Cc1ccc(Cl)c(Cl)c1)C(=O)CN(c1ccc(F)cc1)S(=O)(=O)c1ccc(C)cc1. The average molecular weight is 649 g/mol. The first-order chi connectivity index (χ1) is 20.5. The predicted molar refractivity (Wildman–Crippen MR) is 168 cm³/mol. The van der Waals surface area contributed by atoms with E-state index in [9.17, 15) is 22.4 Å². The van der Waals surface area contributed by atoms with Crippen molar-refractivity contribution < 1.29 is 22.4 Å². The minimum absolute atomic E-state index is 0.00580. The molecule has 230 valence electrons. The molecule has 1 atom stereocenters. The molecule has 0 spiro atoms. The highest BCUT2D eigenvalue weighted by molar-refractivity contribution is 7.92. The van der Waals surface area contributed by atoms with Gasteiger partial charge in [-0.05, 0) is 80.3 Å². The summed E-state index contributed by atoms with van der Waals surface area (Å²) < 4.78 is 42.6. The number of benzene rings is 3. The molecule has 0 unspecified atom stereocenters. The number of aryl methyl sites for hydroxylation is 1. The van der Waals surface area contributed by atoms with Crippen molar-refractivity contribution in [2.75, 3.05) is 10.8 Å². The molecule has 4 rings (SSSR count). The summed E-state index contributed by atoms with van der Waals surface area (Å²) in [6.45, 7) is 3.02. The maximum Gasteiger partial charge on any atom is 0.264 e. The molecule has 0 radical (unpaired) electrons. The number of halogens is 3. The van der Waals surface area contributed by atoms with E-state index in [2.05, 4.69) is 5.32 Å². The lowest BCUT2D eigenvalue weighted by atomic mass is 9.95. The van der Waals surface area contributed by atoms with Crippen molar-refractivity contribution in [2.45, 2.75) is 75.9 Å². The number of amides is 2. The van der Waals surface area contributed by atoms with Crippen LogP contribution in [0.5, 0.6) is 0 Å². The van der Waals surface area contributed by atoms with Crippen molar-refractivity contribution in [2.24, 2.45) is 0 Å². The van der Waals surface area contributed by atoms with Gasteiger partial charge in [-0.3, -0.25) is 13.9 Å². The van der Waals surface area contributed by atoms with Gasteiger partial charge in [0.15, 0.2) is 0 Å². The average Bonchev–Trinajstić information content (AvgIpc) is 2.98. The minimum Gasteiger partial charge on any atom is -0.352 e. The van der Waals surface area contributed by atoms with E-state index in [0.29, 0.717) is 22.0 Å². The van der Waals surface area contributed by atoms with Crippen LogP contribution >= 0.6 is 23.2 Å². The van der Waals surface area contributed by atoms with Gasteiger partial charge in [0.05, 0.1) is 20.6 Å². The Morgan fingerprint density at radius 1 is 0.953 bits per heavy atom. The van der Waals surface area contributed by atoms with Crippen LogP contribution in [0.3, 0.4) is 0 Å². The number of anilines is 1. The second-order valence-corrected chi connectivity index (χ2v) is 13.5. The van der Waals surface area contributed by atoms with Gasteiger partial charge < -0.3 is 10.2 Å². The maximum absolute atomic E-state index is 14.2. The summed E-state index contributed by atoms with van der Waals surface area (Å²) in [7, 11) is -4.25. The Kier molecular flexibility index (Phi) is 11.1. The third kappa shape index (κ3) is 8.28. The third-order valence-corrected chi connectivity index (χ3v) is 10.2. The molecule has 2 amide bonds. The Morgan fingerprint density at radius 2 is 1.60 bits per heavy atom. The van der Waals surface area contributed by atoms with Gasteiger partial charge in [0, 0.05) is 12.6 Å². The number of rotatable bonds is 11. The van der Waals surface area contributed by atoms with Crippen molar-refractivity contribution in [3.8, 4) is 0 Å². The highest BCUT2D eigenvalue weighted by Crippen LogP contribution is 2.27. The number of carbonyl (C=O) groups excluding carboxylic acids is 2. The van der Waals surface area contributed by atoms with E-state index in [0.717, 1.165) is 54.1 Å². The predicted octanol–water partition coefficient (Wildman–Crippen LogP) is 6.89. The van der Waals surface area contributed by atoms with Gasteiger partial charge >= 0.3 is 0 Å². The van der Waals surface area contributed by atoms with Crippen LogP contribution in [0.1, 0.15) is 56.6 Å². The van der Waals surface area contributed by atoms with Crippen LogP contribution in [0.4, 0.5) is 10.1 Å². The van der Waals surface area contributed by atoms with Crippen molar-refractivity contribution in [1.29, 1.82) is 0 Å². The lowest BCUT2D eigenvalue weighted by molar-refractivity contribution is -0.140. The summed E-state index contributed by atoms with van der Waals surface area (Å²) in [6.07, 6.45) is 5.22. The number of nitrogens with zero attached hydrogens (tertiary/aromatic N) is 2. The number of hydrogen-bond donors (Lipinski definition) is 1. The lowest BCUT2D eigenvalue weighted by Gasteiger charge is -2.34. The van der Waals surface area contributed by atoms with Crippen LogP contribution in [0, 0.1) is 12.7 Å². The minimum atomic E-state index is -4.25. The maximum atomic E-state index is 14.2. The first-order valence-corrected chi connectivity index (χ1v) is 16.6. The number of nitrogens with one attached hydrogen (secondary N) is 1. The number of carbonyl (C=O) groups is 2. The second kappa shape index (κ2) is 14.6. The van der Waals surface area contributed by atoms with Gasteiger partial charge in [0.2, 0.25) is 11.8 Å². The topological polar surface area (TPSA) is 86.8 Å². The molecule has 0 saturated heterocycles. The van der Waals surface area contributed by atoms with E-state index in [1.807, 2.05) is 6.92 Å². The largest absolute Gasteiger partial charge is 0.352 e. The molecule has 7 nitrogen and oxygen atoms in total.